The predicted molar refractivity (Wildman–Crippen MR) is 120 cm³/mol. The van der Waals surface area contributed by atoms with Gasteiger partial charge in [0.05, 0.1) is 20.8 Å². The number of nitrogens with zero attached hydrogens (tertiary/aromatic N) is 1. The molecule has 6 nitrogen and oxygen atoms in total. The van der Waals surface area contributed by atoms with Crippen molar-refractivity contribution >= 4 is 29.9 Å². The summed E-state index contributed by atoms with van der Waals surface area (Å²) in [5.74, 6) is 3.18. The highest BCUT2D eigenvalue weighted by atomic mass is 127. The monoisotopic (exact) mass is 485 g/mol. The SMILES string of the molecule is CN=C(NCc1cccc(OC)c1)NCC(C)Oc1ccc(OC)cc1.I. The van der Waals surface area contributed by atoms with Crippen molar-refractivity contribution in [2.24, 2.45) is 4.99 Å². The smallest absolute Gasteiger partial charge is 0.191 e. The highest BCUT2D eigenvalue weighted by molar-refractivity contribution is 14.0. The molecule has 0 aromatic heterocycles. The number of hydrogen-bond acceptors (Lipinski definition) is 4. The van der Waals surface area contributed by atoms with Gasteiger partial charge in [-0.1, -0.05) is 12.1 Å². The van der Waals surface area contributed by atoms with Crippen molar-refractivity contribution in [3.63, 3.8) is 0 Å². The van der Waals surface area contributed by atoms with Gasteiger partial charge in [0.2, 0.25) is 0 Å². The van der Waals surface area contributed by atoms with Crippen molar-refractivity contribution in [3.05, 3.63) is 54.1 Å². The van der Waals surface area contributed by atoms with E-state index in [0.29, 0.717) is 13.1 Å². The van der Waals surface area contributed by atoms with Gasteiger partial charge in [0.15, 0.2) is 5.96 Å². The average molecular weight is 485 g/mol. The lowest BCUT2D eigenvalue weighted by molar-refractivity contribution is 0.223. The second-order valence-corrected chi connectivity index (χ2v) is 5.76. The summed E-state index contributed by atoms with van der Waals surface area (Å²) in [6.07, 6.45) is -0.0150. The summed E-state index contributed by atoms with van der Waals surface area (Å²) in [5, 5.41) is 6.55. The van der Waals surface area contributed by atoms with E-state index >= 15 is 0 Å². The summed E-state index contributed by atoms with van der Waals surface area (Å²) in [6.45, 7) is 3.29. The molecule has 2 aromatic rings. The van der Waals surface area contributed by atoms with Crippen LogP contribution in [0.25, 0.3) is 0 Å². The van der Waals surface area contributed by atoms with Gasteiger partial charge in [-0.15, -0.1) is 24.0 Å². The summed E-state index contributed by atoms with van der Waals surface area (Å²) in [4.78, 5) is 4.24. The molecule has 27 heavy (non-hydrogen) atoms. The topological polar surface area (TPSA) is 64.1 Å². The van der Waals surface area contributed by atoms with Gasteiger partial charge in [-0.3, -0.25) is 4.99 Å². The van der Waals surface area contributed by atoms with E-state index in [4.69, 9.17) is 14.2 Å². The van der Waals surface area contributed by atoms with Crippen molar-refractivity contribution in [1.82, 2.24) is 10.6 Å². The van der Waals surface area contributed by atoms with Crippen LogP contribution in [-0.2, 0) is 6.54 Å². The van der Waals surface area contributed by atoms with E-state index < -0.39 is 0 Å². The van der Waals surface area contributed by atoms with Gasteiger partial charge in [0.1, 0.15) is 23.4 Å². The second-order valence-electron chi connectivity index (χ2n) is 5.76. The van der Waals surface area contributed by atoms with Gasteiger partial charge >= 0.3 is 0 Å². The molecule has 2 rings (SSSR count). The Balaban J connectivity index is 0.00000364. The number of nitrogens with one attached hydrogen (secondary N) is 2. The quantitative estimate of drug-likeness (QED) is 0.341. The van der Waals surface area contributed by atoms with Crippen LogP contribution < -0.4 is 24.8 Å². The third kappa shape index (κ3) is 7.94. The van der Waals surface area contributed by atoms with Crippen molar-refractivity contribution in [1.29, 1.82) is 0 Å². The first-order valence-corrected chi connectivity index (χ1v) is 8.52. The third-order valence-electron chi connectivity index (χ3n) is 3.77. The Bertz CT molecular complexity index is 708. The molecule has 0 saturated carbocycles. The molecule has 0 aliphatic carbocycles. The van der Waals surface area contributed by atoms with E-state index in [-0.39, 0.29) is 30.1 Å². The second kappa shape index (κ2) is 12.3. The lowest BCUT2D eigenvalue weighted by Crippen LogP contribution is -2.41. The van der Waals surface area contributed by atoms with Gasteiger partial charge < -0.3 is 24.8 Å². The molecule has 7 heteroatoms. The Hall–Kier alpha value is -2.16. The van der Waals surface area contributed by atoms with Crippen LogP contribution in [0.15, 0.2) is 53.5 Å². The molecule has 0 bridgehead atoms. The number of aliphatic imine (C=N–C) groups is 1. The lowest BCUT2D eigenvalue weighted by Gasteiger charge is -2.18. The maximum absolute atomic E-state index is 5.88. The molecular weight excluding hydrogens is 457 g/mol. The van der Waals surface area contributed by atoms with Crippen LogP contribution in [0.2, 0.25) is 0 Å². The summed E-state index contributed by atoms with van der Waals surface area (Å²) in [7, 11) is 5.06. The van der Waals surface area contributed by atoms with Crippen molar-refractivity contribution in [2.45, 2.75) is 19.6 Å². The zero-order valence-electron chi connectivity index (χ0n) is 16.2. The number of methoxy groups -OCH3 is 2. The molecule has 0 heterocycles. The Morgan fingerprint density at radius 3 is 2.26 bits per heavy atom. The summed E-state index contributed by atoms with van der Waals surface area (Å²) >= 11 is 0. The fourth-order valence-corrected chi connectivity index (χ4v) is 2.36. The Morgan fingerprint density at radius 1 is 0.963 bits per heavy atom. The number of ether oxygens (including phenoxy) is 3. The minimum absolute atomic E-state index is 0. The zero-order chi connectivity index (χ0) is 18.8. The van der Waals surface area contributed by atoms with Crippen molar-refractivity contribution in [2.75, 3.05) is 27.8 Å². The molecule has 148 valence electrons. The van der Waals surface area contributed by atoms with Crippen LogP contribution in [0.4, 0.5) is 0 Å². The van der Waals surface area contributed by atoms with E-state index in [0.717, 1.165) is 28.8 Å². The van der Waals surface area contributed by atoms with Gasteiger partial charge in [0, 0.05) is 13.6 Å². The average Bonchev–Trinajstić information content (AvgIpc) is 2.69. The van der Waals surface area contributed by atoms with E-state index in [1.807, 2.05) is 55.5 Å². The van der Waals surface area contributed by atoms with Crippen LogP contribution in [0.5, 0.6) is 17.2 Å². The third-order valence-corrected chi connectivity index (χ3v) is 3.77. The normalized spacial score (nSPS) is 11.8. The molecule has 2 N–H and O–H groups in total. The first kappa shape index (κ1) is 22.9. The molecule has 0 spiro atoms. The molecule has 0 amide bonds. The van der Waals surface area contributed by atoms with E-state index in [1.165, 1.54) is 0 Å². The lowest BCUT2D eigenvalue weighted by atomic mass is 10.2. The maximum Gasteiger partial charge on any atom is 0.191 e. The number of rotatable bonds is 8. The van der Waals surface area contributed by atoms with Crippen LogP contribution >= 0.6 is 24.0 Å². The molecule has 1 unspecified atom stereocenters. The standard InChI is InChI=1S/C20H27N3O3.HI/c1-15(26-18-10-8-17(24-3)9-11-18)13-22-20(21-2)23-14-16-6-5-7-19(12-16)25-4;/h5-12,15H,13-14H2,1-4H3,(H2,21,22,23);1H. The number of hydrogen-bond donors (Lipinski definition) is 2. The number of guanidine groups is 1. The largest absolute Gasteiger partial charge is 0.497 e. The first-order valence-electron chi connectivity index (χ1n) is 8.52. The minimum atomic E-state index is -0.0150. The van der Waals surface area contributed by atoms with Crippen LogP contribution in [-0.4, -0.2) is 39.9 Å². The van der Waals surface area contributed by atoms with Crippen LogP contribution in [0.1, 0.15) is 12.5 Å². The number of halogens is 1. The van der Waals surface area contributed by atoms with Gasteiger partial charge in [-0.2, -0.15) is 0 Å². The van der Waals surface area contributed by atoms with Gasteiger partial charge in [-0.25, -0.2) is 0 Å². The molecule has 1 atom stereocenters. The molecule has 0 aliphatic rings. The highest BCUT2D eigenvalue weighted by Crippen LogP contribution is 2.18. The molecule has 0 fully saturated rings. The molecule has 0 aliphatic heterocycles. The van der Waals surface area contributed by atoms with E-state index in [1.54, 1.807) is 21.3 Å². The highest BCUT2D eigenvalue weighted by Gasteiger charge is 2.06. The number of benzene rings is 2. The zero-order valence-corrected chi connectivity index (χ0v) is 18.5. The van der Waals surface area contributed by atoms with E-state index in [2.05, 4.69) is 15.6 Å². The summed E-state index contributed by atoms with van der Waals surface area (Å²) in [5.41, 5.74) is 1.12. The molecule has 0 saturated heterocycles. The van der Waals surface area contributed by atoms with Gasteiger partial charge in [-0.05, 0) is 48.9 Å². The fourth-order valence-electron chi connectivity index (χ4n) is 2.36. The predicted octanol–water partition coefficient (Wildman–Crippen LogP) is 3.45. The van der Waals surface area contributed by atoms with E-state index in [9.17, 15) is 0 Å². The molecule has 0 radical (unpaired) electrons. The first-order chi connectivity index (χ1) is 12.6. The van der Waals surface area contributed by atoms with Crippen LogP contribution in [0, 0.1) is 0 Å². The Morgan fingerprint density at radius 2 is 1.63 bits per heavy atom. The van der Waals surface area contributed by atoms with Gasteiger partial charge in [0.25, 0.3) is 0 Å². The Labute approximate surface area is 178 Å². The summed E-state index contributed by atoms with van der Waals surface area (Å²) in [6, 6.07) is 15.5. The van der Waals surface area contributed by atoms with Crippen molar-refractivity contribution in [3.8, 4) is 17.2 Å². The van der Waals surface area contributed by atoms with Crippen LogP contribution in [0.3, 0.4) is 0 Å². The Kier molecular flexibility index (Phi) is 10.4. The maximum atomic E-state index is 5.88. The summed E-state index contributed by atoms with van der Waals surface area (Å²) < 4.78 is 16.3. The minimum Gasteiger partial charge on any atom is -0.497 e. The molecular formula is C20H28IN3O3. The van der Waals surface area contributed by atoms with Crippen molar-refractivity contribution < 1.29 is 14.2 Å². The fraction of sp³-hybridized carbons (Fsp3) is 0.350. The molecule has 2 aromatic carbocycles.